The summed E-state index contributed by atoms with van der Waals surface area (Å²) >= 11 is 0. The van der Waals surface area contributed by atoms with Crippen LogP contribution in [0.25, 0.3) is 0 Å². The number of hydrogen-bond acceptors (Lipinski definition) is 4. The van der Waals surface area contributed by atoms with E-state index < -0.39 is 10.0 Å². The standard InChI is InChI=1S/C12H23N3O3S/c1-19(17,18)14-10-4-6-15(7-5-10)12(16)8-11(13)9-2-3-9/h9-11,14H,2-8,13H2,1H3. The average molecular weight is 289 g/mol. The number of nitrogens with one attached hydrogen (secondary N) is 1. The fraction of sp³-hybridized carbons (Fsp3) is 0.917. The van der Waals surface area contributed by atoms with Gasteiger partial charge in [-0.15, -0.1) is 0 Å². The molecule has 6 nitrogen and oxygen atoms in total. The molecule has 1 amide bonds. The molecule has 1 aliphatic carbocycles. The van der Waals surface area contributed by atoms with E-state index in [0.29, 0.717) is 38.3 Å². The number of likely N-dealkylation sites (tertiary alicyclic amines) is 1. The van der Waals surface area contributed by atoms with Gasteiger partial charge in [0.05, 0.1) is 6.26 Å². The van der Waals surface area contributed by atoms with Gasteiger partial charge in [0.1, 0.15) is 0 Å². The summed E-state index contributed by atoms with van der Waals surface area (Å²) in [5.41, 5.74) is 5.96. The Balaban J connectivity index is 1.74. The predicted molar refractivity (Wildman–Crippen MR) is 72.9 cm³/mol. The maximum atomic E-state index is 12.0. The van der Waals surface area contributed by atoms with Crippen molar-refractivity contribution >= 4 is 15.9 Å². The molecule has 19 heavy (non-hydrogen) atoms. The molecule has 1 heterocycles. The van der Waals surface area contributed by atoms with Gasteiger partial charge in [-0.1, -0.05) is 0 Å². The Morgan fingerprint density at radius 2 is 1.89 bits per heavy atom. The first-order valence-electron chi connectivity index (χ1n) is 6.86. The molecule has 0 aromatic carbocycles. The maximum Gasteiger partial charge on any atom is 0.224 e. The normalized spacial score (nSPS) is 23.4. The molecule has 0 bridgehead atoms. The van der Waals surface area contributed by atoms with Crippen LogP contribution in [0.4, 0.5) is 0 Å². The Morgan fingerprint density at radius 3 is 2.37 bits per heavy atom. The van der Waals surface area contributed by atoms with Gasteiger partial charge in [-0.3, -0.25) is 4.79 Å². The zero-order chi connectivity index (χ0) is 14.0. The Morgan fingerprint density at radius 1 is 1.32 bits per heavy atom. The fourth-order valence-corrected chi connectivity index (χ4v) is 3.41. The lowest BCUT2D eigenvalue weighted by Gasteiger charge is -2.32. The minimum Gasteiger partial charge on any atom is -0.343 e. The van der Waals surface area contributed by atoms with Gasteiger partial charge in [-0.05, 0) is 31.6 Å². The molecule has 1 saturated carbocycles. The second-order valence-corrected chi connectivity index (χ2v) is 7.53. The quantitative estimate of drug-likeness (QED) is 0.724. The van der Waals surface area contributed by atoms with Crippen LogP contribution in [0.5, 0.6) is 0 Å². The monoisotopic (exact) mass is 289 g/mol. The zero-order valence-corrected chi connectivity index (χ0v) is 12.2. The third-order valence-electron chi connectivity index (χ3n) is 3.87. The van der Waals surface area contributed by atoms with Crippen LogP contribution in [0.2, 0.25) is 0 Å². The third-order valence-corrected chi connectivity index (χ3v) is 4.63. The van der Waals surface area contributed by atoms with Crippen molar-refractivity contribution in [3.8, 4) is 0 Å². The van der Waals surface area contributed by atoms with Crippen molar-refractivity contribution < 1.29 is 13.2 Å². The van der Waals surface area contributed by atoms with Crippen LogP contribution >= 0.6 is 0 Å². The summed E-state index contributed by atoms with van der Waals surface area (Å²) < 4.78 is 24.9. The lowest BCUT2D eigenvalue weighted by Crippen LogP contribution is -2.47. The zero-order valence-electron chi connectivity index (χ0n) is 11.3. The molecule has 1 atom stereocenters. The van der Waals surface area contributed by atoms with Crippen molar-refractivity contribution in [3.05, 3.63) is 0 Å². The van der Waals surface area contributed by atoms with Crippen molar-refractivity contribution in [1.29, 1.82) is 0 Å². The molecule has 7 heteroatoms. The largest absolute Gasteiger partial charge is 0.343 e. The molecule has 2 aliphatic rings. The molecule has 2 rings (SSSR count). The molecule has 1 unspecified atom stereocenters. The number of hydrogen-bond donors (Lipinski definition) is 2. The summed E-state index contributed by atoms with van der Waals surface area (Å²) in [6.45, 7) is 1.23. The van der Waals surface area contributed by atoms with Gasteiger partial charge in [0.25, 0.3) is 0 Å². The number of nitrogens with zero attached hydrogens (tertiary/aromatic N) is 1. The molecule has 0 radical (unpaired) electrons. The molecule has 1 saturated heterocycles. The average Bonchev–Trinajstić information content (AvgIpc) is 3.11. The highest BCUT2D eigenvalue weighted by molar-refractivity contribution is 7.88. The highest BCUT2D eigenvalue weighted by Crippen LogP contribution is 2.33. The minimum absolute atomic E-state index is 0.000585. The van der Waals surface area contributed by atoms with Crippen LogP contribution in [0.3, 0.4) is 0 Å². The Labute approximate surface area is 114 Å². The number of sulfonamides is 1. The van der Waals surface area contributed by atoms with Crippen LogP contribution in [0.15, 0.2) is 0 Å². The smallest absolute Gasteiger partial charge is 0.224 e. The molecule has 2 fully saturated rings. The second kappa shape index (κ2) is 5.76. The first kappa shape index (κ1) is 14.7. The van der Waals surface area contributed by atoms with Gasteiger partial charge in [0, 0.05) is 31.6 Å². The van der Waals surface area contributed by atoms with Crippen molar-refractivity contribution in [3.63, 3.8) is 0 Å². The summed E-state index contributed by atoms with van der Waals surface area (Å²) in [5, 5.41) is 0. The van der Waals surface area contributed by atoms with Gasteiger partial charge < -0.3 is 10.6 Å². The summed E-state index contributed by atoms with van der Waals surface area (Å²) in [7, 11) is -3.16. The number of amides is 1. The second-order valence-electron chi connectivity index (χ2n) is 5.75. The van der Waals surface area contributed by atoms with E-state index in [9.17, 15) is 13.2 Å². The molecule has 110 valence electrons. The number of carbonyl (C=O) groups is 1. The number of nitrogens with two attached hydrogens (primary N) is 1. The summed E-state index contributed by atoms with van der Waals surface area (Å²) in [4.78, 5) is 13.8. The molecular weight excluding hydrogens is 266 g/mol. The molecule has 0 aromatic heterocycles. The van der Waals surface area contributed by atoms with Crippen molar-refractivity contribution in [2.24, 2.45) is 11.7 Å². The van der Waals surface area contributed by atoms with Crippen molar-refractivity contribution in [2.75, 3.05) is 19.3 Å². The lowest BCUT2D eigenvalue weighted by molar-refractivity contribution is -0.132. The SMILES string of the molecule is CS(=O)(=O)NC1CCN(C(=O)CC(N)C2CC2)CC1. The van der Waals surface area contributed by atoms with Gasteiger partial charge in [0.2, 0.25) is 15.9 Å². The number of piperidine rings is 1. The van der Waals surface area contributed by atoms with Crippen LogP contribution in [0.1, 0.15) is 32.1 Å². The fourth-order valence-electron chi connectivity index (χ4n) is 2.57. The van der Waals surface area contributed by atoms with Crippen molar-refractivity contribution in [1.82, 2.24) is 9.62 Å². The molecular formula is C12H23N3O3S. The van der Waals surface area contributed by atoms with Gasteiger partial charge in [-0.25, -0.2) is 13.1 Å². The molecule has 1 aliphatic heterocycles. The van der Waals surface area contributed by atoms with Crippen LogP contribution < -0.4 is 10.5 Å². The van der Waals surface area contributed by atoms with E-state index in [2.05, 4.69) is 4.72 Å². The van der Waals surface area contributed by atoms with Crippen LogP contribution in [-0.4, -0.2) is 50.7 Å². The first-order valence-corrected chi connectivity index (χ1v) is 8.75. The van der Waals surface area contributed by atoms with Gasteiger partial charge in [0.15, 0.2) is 0 Å². The van der Waals surface area contributed by atoms with Gasteiger partial charge in [-0.2, -0.15) is 0 Å². The molecule has 0 spiro atoms. The minimum atomic E-state index is -3.16. The van der Waals surface area contributed by atoms with E-state index >= 15 is 0 Å². The highest BCUT2D eigenvalue weighted by Gasteiger charge is 2.32. The topological polar surface area (TPSA) is 92.5 Å². The van der Waals surface area contributed by atoms with E-state index in [0.717, 1.165) is 12.8 Å². The molecule has 3 N–H and O–H groups in total. The number of carbonyl (C=O) groups excluding carboxylic acids is 1. The Kier molecular flexibility index (Phi) is 4.47. The number of rotatable bonds is 5. The maximum absolute atomic E-state index is 12.0. The summed E-state index contributed by atoms with van der Waals surface area (Å²) in [5.74, 6) is 0.644. The van der Waals surface area contributed by atoms with E-state index in [1.807, 2.05) is 4.90 Å². The lowest BCUT2D eigenvalue weighted by atomic mass is 10.0. The Hall–Kier alpha value is -0.660. The summed E-state index contributed by atoms with van der Waals surface area (Å²) in [6, 6.07) is -0.0458. The summed E-state index contributed by atoms with van der Waals surface area (Å²) in [6.07, 6.45) is 5.24. The van der Waals surface area contributed by atoms with Gasteiger partial charge >= 0.3 is 0 Å². The van der Waals surface area contributed by atoms with E-state index in [1.165, 1.54) is 6.26 Å². The predicted octanol–water partition coefficient (Wildman–Crippen LogP) is -0.346. The Bertz CT molecular complexity index is 426. The van der Waals surface area contributed by atoms with Crippen LogP contribution in [-0.2, 0) is 14.8 Å². The van der Waals surface area contributed by atoms with E-state index in [-0.39, 0.29) is 18.0 Å². The third kappa shape index (κ3) is 4.74. The van der Waals surface area contributed by atoms with E-state index in [4.69, 9.17) is 5.73 Å². The van der Waals surface area contributed by atoms with Crippen LogP contribution in [0, 0.1) is 5.92 Å². The highest BCUT2D eigenvalue weighted by atomic mass is 32.2. The molecule has 0 aromatic rings. The van der Waals surface area contributed by atoms with E-state index in [1.54, 1.807) is 0 Å². The van der Waals surface area contributed by atoms with Crippen molar-refractivity contribution in [2.45, 2.75) is 44.2 Å². The first-order chi connectivity index (χ1) is 8.85.